The molecule has 1 N–H and O–H groups in total. The minimum absolute atomic E-state index is 0.0452. The minimum atomic E-state index is -0.198. The van der Waals surface area contributed by atoms with Crippen LogP contribution in [0.2, 0.25) is 0 Å². The van der Waals surface area contributed by atoms with Crippen molar-refractivity contribution in [3.8, 4) is 0 Å². The summed E-state index contributed by atoms with van der Waals surface area (Å²) in [6.45, 7) is 12.5. The van der Waals surface area contributed by atoms with Gasteiger partial charge in [0, 0.05) is 37.5 Å². The van der Waals surface area contributed by atoms with Gasteiger partial charge in [0.1, 0.15) is 6.10 Å². The molecular formula is C29H48N2O4. The topological polar surface area (TPSA) is 62.2 Å². The number of rotatable bonds is 3. The van der Waals surface area contributed by atoms with Gasteiger partial charge < -0.3 is 14.6 Å². The molecule has 4 unspecified atom stereocenters. The van der Waals surface area contributed by atoms with E-state index in [-0.39, 0.29) is 29.6 Å². The second-order valence-corrected chi connectivity index (χ2v) is 13.5. The number of fused-ring (bicyclic) bond motifs is 5. The van der Waals surface area contributed by atoms with Crippen LogP contribution >= 0.6 is 0 Å². The summed E-state index contributed by atoms with van der Waals surface area (Å²) in [4.78, 5) is 17.4. The summed E-state index contributed by atoms with van der Waals surface area (Å²) in [7, 11) is 0. The number of carbonyl (C=O) groups is 1. The maximum Gasteiger partial charge on any atom is 0.302 e. The zero-order valence-electron chi connectivity index (χ0n) is 22.3. The zero-order chi connectivity index (χ0) is 24.4. The van der Waals surface area contributed by atoms with Gasteiger partial charge in [-0.2, -0.15) is 0 Å². The lowest BCUT2D eigenvalue weighted by Crippen LogP contribution is -2.61. The van der Waals surface area contributed by atoms with Crippen molar-refractivity contribution in [2.45, 2.75) is 103 Å². The molecule has 0 amide bonds. The van der Waals surface area contributed by atoms with Crippen LogP contribution in [0.25, 0.3) is 0 Å². The van der Waals surface area contributed by atoms with E-state index >= 15 is 0 Å². The molecule has 2 heterocycles. The van der Waals surface area contributed by atoms with Crippen LogP contribution < -0.4 is 0 Å². The molecule has 0 spiro atoms. The fraction of sp³-hybridized carbons (Fsp3) is 0.966. The standard InChI is InChI=1S/C29H48N2O4/c1-19(32)35-27-24(30-10-4-5-11-30)17-23-21-7-6-20-16-26(33)25(31-12-14-34-15-13-31)18-29(20,3)22(21)8-9-28(23,27)2/h20-27,33H,4-18H2,1-3H3/t20-,21+,22+,23+,24?,25?,26?,27?,28-,29-/m0/s1. The first-order valence-electron chi connectivity index (χ1n) is 14.7. The van der Waals surface area contributed by atoms with Crippen molar-refractivity contribution >= 4 is 5.97 Å². The van der Waals surface area contributed by atoms with E-state index in [2.05, 4.69) is 23.6 Å². The van der Waals surface area contributed by atoms with Crippen molar-refractivity contribution < 1.29 is 19.4 Å². The fourth-order valence-electron chi connectivity index (χ4n) is 10.3. The molecule has 0 aromatic rings. The second kappa shape index (κ2) is 9.25. The largest absolute Gasteiger partial charge is 0.460 e. The van der Waals surface area contributed by atoms with Crippen LogP contribution in [-0.4, -0.2) is 84.6 Å². The predicted octanol–water partition coefficient (Wildman–Crippen LogP) is 3.71. The molecule has 4 saturated carbocycles. The Bertz CT molecular complexity index is 796. The smallest absolute Gasteiger partial charge is 0.302 e. The van der Waals surface area contributed by atoms with Gasteiger partial charge >= 0.3 is 5.97 Å². The lowest BCUT2D eigenvalue weighted by molar-refractivity contribution is -0.172. The van der Waals surface area contributed by atoms with Crippen LogP contribution in [0.1, 0.15) is 78.6 Å². The normalized spacial score (nSPS) is 50.9. The molecule has 2 aliphatic heterocycles. The van der Waals surface area contributed by atoms with Crippen molar-refractivity contribution in [2.75, 3.05) is 39.4 Å². The summed E-state index contributed by atoms with van der Waals surface area (Å²) < 4.78 is 11.8. The molecule has 6 fully saturated rings. The maximum absolute atomic E-state index is 12.2. The van der Waals surface area contributed by atoms with Crippen LogP contribution in [0, 0.1) is 34.5 Å². The monoisotopic (exact) mass is 488 g/mol. The number of aliphatic hydroxyl groups is 1. The molecule has 0 aromatic carbocycles. The molecule has 10 atom stereocenters. The van der Waals surface area contributed by atoms with E-state index in [1.165, 1.54) is 44.9 Å². The molecule has 4 aliphatic carbocycles. The Hall–Kier alpha value is -0.690. The zero-order valence-corrected chi connectivity index (χ0v) is 22.3. The molecule has 6 heteroatoms. The Balaban J connectivity index is 1.27. The second-order valence-electron chi connectivity index (χ2n) is 13.5. The Labute approximate surface area is 212 Å². The third-order valence-corrected chi connectivity index (χ3v) is 12.0. The summed E-state index contributed by atoms with van der Waals surface area (Å²) in [6.07, 6.45) is 10.7. The molecule has 0 radical (unpaired) electrons. The highest BCUT2D eigenvalue weighted by Gasteiger charge is 2.65. The van der Waals surface area contributed by atoms with Crippen LogP contribution in [-0.2, 0) is 14.3 Å². The molecule has 6 rings (SSSR count). The Morgan fingerprint density at radius 3 is 2.34 bits per heavy atom. The van der Waals surface area contributed by atoms with Crippen molar-refractivity contribution in [3.63, 3.8) is 0 Å². The Morgan fingerprint density at radius 1 is 0.914 bits per heavy atom. The van der Waals surface area contributed by atoms with Gasteiger partial charge in [0.05, 0.1) is 19.3 Å². The average molecular weight is 489 g/mol. The Morgan fingerprint density at radius 2 is 1.63 bits per heavy atom. The van der Waals surface area contributed by atoms with Crippen LogP contribution in [0.5, 0.6) is 0 Å². The summed E-state index contributed by atoms with van der Waals surface area (Å²) in [6, 6.07) is 0.678. The van der Waals surface area contributed by atoms with Gasteiger partial charge in [0.15, 0.2) is 0 Å². The first kappa shape index (κ1) is 24.6. The van der Waals surface area contributed by atoms with Gasteiger partial charge in [0.2, 0.25) is 0 Å². The van der Waals surface area contributed by atoms with Crippen molar-refractivity contribution in [2.24, 2.45) is 34.5 Å². The molecule has 198 valence electrons. The first-order valence-corrected chi connectivity index (χ1v) is 14.7. The van der Waals surface area contributed by atoms with Crippen molar-refractivity contribution in [1.29, 1.82) is 0 Å². The lowest BCUT2D eigenvalue weighted by Gasteiger charge is -2.62. The van der Waals surface area contributed by atoms with E-state index in [0.29, 0.717) is 23.3 Å². The van der Waals surface area contributed by atoms with Crippen molar-refractivity contribution in [3.05, 3.63) is 0 Å². The third kappa shape index (κ3) is 4.00. The highest BCUT2D eigenvalue weighted by molar-refractivity contribution is 5.66. The van der Waals surface area contributed by atoms with Crippen LogP contribution in [0.15, 0.2) is 0 Å². The number of hydrogen-bond acceptors (Lipinski definition) is 6. The molecule has 2 saturated heterocycles. The van der Waals surface area contributed by atoms with Gasteiger partial charge in [-0.25, -0.2) is 0 Å². The Kier molecular flexibility index (Phi) is 6.51. The van der Waals surface area contributed by atoms with E-state index in [4.69, 9.17) is 9.47 Å². The predicted molar refractivity (Wildman–Crippen MR) is 135 cm³/mol. The van der Waals surface area contributed by atoms with E-state index in [0.717, 1.165) is 64.1 Å². The lowest BCUT2D eigenvalue weighted by atomic mass is 9.44. The van der Waals surface area contributed by atoms with E-state index < -0.39 is 0 Å². The van der Waals surface area contributed by atoms with E-state index in [1.807, 2.05) is 0 Å². The molecule has 0 aromatic heterocycles. The number of esters is 1. The molecule has 6 aliphatic rings. The van der Waals surface area contributed by atoms with Gasteiger partial charge in [-0.1, -0.05) is 13.8 Å². The summed E-state index contributed by atoms with van der Waals surface area (Å²) in [5.41, 5.74) is 0.399. The molecule has 6 nitrogen and oxygen atoms in total. The number of nitrogens with zero attached hydrogens (tertiary/aromatic N) is 2. The highest BCUT2D eigenvalue weighted by Crippen LogP contribution is 2.67. The average Bonchev–Trinajstić information content (AvgIpc) is 3.46. The number of morpholine rings is 1. The van der Waals surface area contributed by atoms with Gasteiger partial charge in [-0.15, -0.1) is 0 Å². The summed E-state index contributed by atoms with van der Waals surface area (Å²) in [5.74, 6) is 2.63. The van der Waals surface area contributed by atoms with E-state index in [9.17, 15) is 9.90 Å². The number of aliphatic hydroxyl groups excluding tert-OH is 1. The molecule has 35 heavy (non-hydrogen) atoms. The third-order valence-electron chi connectivity index (χ3n) is 12.0. The molecule has 0 bridgehead atoms. The summed E-state index contributed by atoms with van der Waals surface area (Å²) >= 11 is 0. The quantitative estimate of drug-likeness (QED) is 0.611. The van der Waals surface area contributed by atoms with Gasteiger partial charge in [0.25, 0.3) is 0 Å². The van der Waals surface area contributed by atoms with Crippen LogP contribution in [0.3, 0.4) is 0 Å². The van der Waals surface area contributed by atoms with Gasteiger partial charge in [-0.3, -0.25) is 14.6 Å². The van der Waals surface area contributed by atoms with Crippen LogP contribution in [0.4, 0.5) is 0 Å². The maximum atomic E-state index is 12.2. The first-order chi connectivity index (χ1) is 16.8. The molecular weight excluding hydrogens is 440 g/mol. The van der Waals surface area contributed by atoms with Gasteiger partial charge in [-0.05, 0) is 100.0 Å². The number of ether oxygens (including phenoxy) is 2. The minimum Gasteiger partial charge on any atom is -0.460 e. The SMILES string of the molecule is CC(=O)OC1C(N2CCCC2)C[C@@H]2[C@@H]3CC[C@H]4CC(O)C(N5CCOCC5)C[C@]4(C)[C@@H]3CC[C@]12C. The van der Waals surface area contributed by atoms with Crippen molar-refractivity contribution in [1.82, 2.24) is 9.80 Å². The number of carbonyl (C=O) groups excluding carboxylic acids is 1. The number of likely N-dealkylation sites (tertiary alicyclic amines) is 1. The summed E-state index contributed by atoms with van der Waals surface area (Å²) in [5, 5.41) is 11.2. The van der Waals surface area contributed by atoms with E-state index in [1.54, 1.807) is 6.92 Å². The highest BCUT2D eigenvalue weighted by atomic mass is 16.5. The fourth-order valence-corrected chi connectivity index (χ4v) is 10.3. The number of hydrogen-bond donors (Lipinski definition) is 1.